The van der Waals surface area contributed by atoms with Gasteiger partial charge in [-0.1, -0.05) is 6.07 Å². The van der Waals surface area contributed by atoms with Crippen LogP contribution in [-0.4, -0.2) is 17.0 Å². The fourth-order valence-corrected chi connectivity index (χ4v) is 2.00. The molecule has 0 aliphatic heterocycles. The quantitative estimate of drug-likeness (QED) is 0.911. The van der Waals surface area contributed by atoms with E-state index in [0.717, 1.165) is 16.0 Å². The number of aromatic nitrogens is 2. The van der Waals surface area contributed by atoms with Crippen molar-refractivity contribution in [3.8, 4) is 0 Å². The van der Waals surface area contributed by atoms with E-state index >= 15 is 0 Å². The standard InChI is InChI=1S/C12H13BrN4/c1-8-3-4-10(9(13)7-8)16-11-5-6-15-12(14-2)17-11/h3-7H,1-2H3,(H2,14,15,16,17). The number of hydrogen-bond donors (Lipinski definition) is 2. The molecule has 17 heavy (non-hydrogen) atoms. The van der Waals surface area contributed by atoms with E-state index in [4.69, 9.17) is 0 Å². The first-order valence-corrected chi connectivity index (χ1v) is 6.02. The molecule has 2 aromatic rings. The summed E-state index contributed by atoms with van der Waals surface area (Å²) in [6.45, 7) is 2.05. The highest BCUT2D eigenvalue weighted by Crippen LogP contribution is 2.26. The zero-order chi connectivity index (χ0) is 12.3. The fourth-order valence-electron chi connectivity index (χ4n) is 1.41. The first kappa shape index (κ1) is 11.9. The molecule has 0 bridgehead atoms. The molecule has 2 N–H and O–H groups in total. The van der Waals surface area contributed by atoms with Gasteiger partial charge in [-0.2, -0.15) is 4.98 Å². The number of hydrogen-bond acceptors (Lipinski definition) is 4. The molecule has 1 heterocycles. The summed E-state index contributed by atoms with van der Waals surface area (Å²) in [6.07, 6.45) is 1.71. The lowest BCUT2D eigenvalue weighted by Crippen LogP contribution is -2.00. The highest BCUT2D eigenvalue weighted by atomic mass is 79.9. The molecule has 0 atom stereocenters. The summed E-state index contributed by atoms with van der Waals surface area (Å²) in [4.78, 5) is 8.36. The molecule has 0 amide bonds. The summed E-state index contributed by atoms with van der Waals surface area (Å²) < 4.78 is 1.02. The van der Waals surface area contributed by atoms with E-state index in [1.165, 1.54) is 5.56 Å². The van der Waals surface area contributed by atoms with E-state index in [0.29, 0.717) is 5.95 Å². The largest absolute Gasteiger partial charge is 0.357 e. The molecule has 0 radical (unpaired) electrons. The first-order valence-electron chi connectivity index (χ1n) is 5.23. The highest BCUT2D eigenvalue weighted by molar-refractivity contribution is 9.10. The van der Waals surface area contributed by atoms with Crippen molar-refractivity contribution >= 4 is 33.4 Å². The normalized spacial score (nSPS) is 10.1. The number of benzene rings is 1. The van der Waals surface area contributed by atoms with E-state index in [2.05, 4.69) is 49.5 Å². The van der Waals surface area contributed by atoms with E-state index in [1.807, 2.05) is 18.2 Å². The van der Waals surface area contributed by atoms with Crippen LogP contribution in [0, 0.1) is 6.92 Å². The van der Waals surface area contributed by atoms with Gasteiger partial charge in [0.2, 0.25) is 5.95 Å². The molecule has 0 unspecified atom stereocenters. The highest BCUT2D eigenvalue weighted by Gasteiger charge is 2.02. The second-order valence-electron chi connectivity index (χ2n) is 3.62. The first-order chi connectivity index (χ1) is 8.19. The Bertz CT molecular complexity index is 528. The summed E-state index contributed by atoms with van der Waals surface area (Å²) in [5, 5.41) is 6.14. The molecule has 1 aromatic heterocycles. The average molecular weight is 293 g/mol. The third-order valence-corrected chi connectivity index (χ3v) is 2.92. The summed E-state index contributed by atoms with van der Waals surface area (Å²) in [5.74, 6) is 1.35. The summed E-state index contributed by atoms with van der Waals surface area (Å²) in [6, 6.07) is 7.95. The number of nitrogens with zero attached hydrogens (tertiary/aromatic N) is 2. The van der Waals surface area contributed by atoms with Crippen LogP contribution in [0.2, 0.25) is 0 Å². The van der Waals surface area contributed by atoms with Gasteiger partial charge >= 0.3 is 0 Å². The van der Waals surface area contributed by atoms with Gasteiger partial charge in [-0.05, 0) is 46.6 Å². The maximum Gasteiger partial charge on any atom is 0.224 e. The van der Waals surface area contributed by atoms with Gasteiger partial charge in [0.05, 0.1) is 5.69 Å². The van der Waals surface area contributed by atoms with Gasteiger partial charge in [0, 0.05) is 17.7 Å². The van der Waals surface area contributed by atoms with E-state index < -0.39 is 0 Å². The molecule has 0 saturated heterocycles. The van der Waals surface area contributed by atoms with Crippen molar-refractivity contribution in [2.45, 2.75) is 6.92 Å². The van der Waals surface area contributed by atoms with E-state index in [-0.39, 0.29) is 0 Å². The molecule has 88 valence electrons. The van der Waals surface area contributed by atoms with E-state index in [9.17, 15) is 0 Å². The van der Waals surface area contributed by atoms with Crippen molar-refractivity contribution in [2.24, 2.45) is 0 Å². The van der Waals surface area contributed by atoms with Crippen LogP contribution in [-0.2, 0) is 0 Å². The second kappa shape index (κ2) is 5.14. The van der Waals surface area contributed by atoms with Gasteiger partial charge in [0.15, 0.2) is 0 Å². The van der Waals surface area contributed by atoms with Crippen LogP contribution in [0.4, 0.5) is 17.5 Å². The zero-order valence-corrected chi connectivity index (χ0v) is 11.2. The Hall–Kier alpha value is -1.62. The van der Waals surface area contributed by atoms with Crippen LogP contribution in [0.1, 0.15) is 5.56 Å². The van der Waals surface area contributed by atoms with Crippen LogP contribution >= 0.6 is 15.9 Å². The molecule has 0 aliphatic carbocycles. The van der Waals surface area contributed by atoms with Gasteiger partial charge in [-0.15, -0.1) is 0 Å². The Kier molecular flexibility index (Phi) is 3.58. The van der Waals surface area contributed by atoms with Crippen molar-refractivity contribution in [1.82, 2.24) is 9.97 Å². The third kappa shape index (κ3) is 2.94. The van der Waals surface area contributed by atoms with Crippen LogP contribution < -0.4 is 10.6 Å². The van der Waals surface area contributed by atoms with Crippen LogP contribution in [0.3, 0.4) is 0 Å². The predicted molar refractivity (Wildman–Crippen MR) is 73.7 cm³/mol. The van der Waals surface area contributed by atoms with Gasteiger partial charge < -0.3 is 10.6 Å². The Morgan fingerprint density at radius 1 is 1.24 bits per heavy atom. The third-order valence-electron chi connectivity index (χ3n) is 2.27. The molecule has 0 saturated carbocycles. The smallest absolute Gasteiger partial charge is 0.224 e. The van der Waals surface area contributed by atoms with Gasteiger partial charge in [-0.25, -0.2) is 4.98 Å². The van der Waals surface area contributed by atoms with Crippen molar-refractivity contribution in [3.05, 3.63) is 40.5 Å². The van der Waals surface area contributed by atoms with E-state index in [1.54, 1.807) is 13.2 Å². The topological polar surface area (TPSA) is 49.8 Å². The van der Waals surface area contributed by atoms with Crippen LogP contribution in [0.25, 0.3) is 0 Å². The van der Waals surface area contributed by atoms with Crippen molar-refractivity contribution in [2.75, 3.05) is 17.7 Å². The average Bonchev–Trinajstić information content (AvgIpc) is 2.33. The summed E-state index contributed by atoms with van der Waals surface area (Å²) in [7, 11) is 1.79. The monoisotopic (exact) mass is 292 g/mol. The van der Waals surface area contributed by atoms with Crippen molar-refractivity contribution in [3.63, 3.8) is 0 Å². The van der Waals surface area contributed by atoms with Crippen molar-refractivity contribution in [1.29, 1.82) is 0 Å². The van der Waals surface area contributed by atoms with Crippen LogP contribution in [0.5, 0.6) is 0 Å². The van der Waals surface area contributed by atoms with Gasteiger partial charge in [-0.3, -0.25) is 0 Å². The Morgan fingerprint density at radius 2 is 2.06 bits per heavy atom. The summed E-state index contributed by atoms with van der Waals surface area (Å²) in [5.41, 5.74) is 2.19. The minimum Gasteiger partial charge on any atom is -0.357 e. The number of rotatable bonds is 3. The Labute approximate surface area is 109 Å². The molecule has 0 spiro atoms. The molecule has 4 nitrogen and oxygen atoms in total. The lowest BCUT2D eigenvalue weighted by Gasteiger charge is -2.09. The molecular formula is C12H13BrN4. The molecule has 2 rings (SSSR count). The minimum absolute atomic E-state index is 0.596. The number of nitrogens with one attached hydrogen (secondary N) is 2. The molecule has 1 aromatic carbocycles. The van der Waals surface area contributed by atoms with Crippen molar-refractivity contribution < 1.29 is 0 Å². The SMILES string of the molecule is CNc1nccc(Nc2ccc(C)cc2Br)n1. The number of anilines is 3. The van der Waals surface area contributed by atoms with Crippen LogP contribution in [0.15, 0.2) is 34.9 Å². The molecule has 5 heteroatoms. The Balaban J connectivity index is 2.25. The second-order valence-corrected chi connectivity index (χ2v) is 4.48. The molecular weight excluding hydrogens is 280 g/mol. The lowest BCUT2D eigenvalue weighted by atomic mass is 10.2. The van der Waals surface area contributed by atoms with Gasteiger partial charge in [0.25, 0.3) is 0 Å². The maximum absolute atomic E-state index is 4.30. The fraction of sp³-hybridized carbons (Fsp3) is 0.167. The maximum atomic E-state index is 4.30. The number of aryl methyl sites for hydroxylation is 1. The molecule has 0 aliphatic rings. The van der Waals surface area contributed by atoms with Gasteiger partial charge in [0.1, 0.15) is 5.82 Å². The lowest BCUT2D eigenvalue weighted by molar-refractivity contribution is 1.15. The summed E-state index contributed by atoms with van der Waals surface area (Å²) >= 11 is 3.52. The Morgan fingerprint density at radius 3 is 2.76 bits per heavy atom. The zero-order valence-electron chi connectivity index (χ0n) is 9.66. The number of halogens is 1. The molecule has 0 fully saturated rings. The minimum atomic E-state index is 0.596. The predicted octanol–water partition coefficient (Wildman–Crippen LogP) is 3.33.